The van der Waals surface area contributed by atoms with Crippen molar-refractivity contribution in [2.24, 2.45) is 0 Å². The molecular weight excluding hydrogens is 366 g/mol. The highest BCUT2D eigenvalue weighted by Gasteiger charge is 2.34. The smallest absolute Gasteiger partial charge is 0.319 e. The Balaban J connectivity index is 1.73. The van der Waals surface area contributed by atoms with Gasteiger partial charge in [-0.3, -0.25) is 4.79 Å². The number of nitrogens with zero attached hydrogens (tertiary/aromatic N) is 1. The lowest BCUT2D eigenvalue weighted by Gasteiger charge is -2.37. The Hall–Kier alpha value is -2.73. The molecule has 2 aromatic rings. The molecule has 2 N–H and O–H groups in total. The number of methoxy groups -OCH3 is 1. The normalized spacial score (nSPS) is 19.5. The van der Waals surface area contributed by atoms with Crippen molar-refractivity contribution in [3.63, 3.8) is 0 Å². The van der Waals surface area contributed by atoms with Crippen LogP contribution in [0.5, 0.6) is 5.75 Å². The van der Waals surface area contributed by atoms with Gasteiger partial charge < -0.3 is 20.3 Å². The fourth-order valence-electron chi connectivity index (χ4n) is 3.22. The molecule has 3 rings (SSSR count). The number of ether oxygens (including phenoxy) is 1. The van der Waals surface area contributed by atoms with Gasteiger partial charge in [-0.1, -0.05) is 23.7 Å². The SMILES string of the molecule is COc1ccc(C2CN(C)C(=O)C[C@@H]2NC(=O)Nc2ccc(Cl)cc2)cc1. The third-order valence-corrected chi connectivity index (χ3v) is 4.99. The van der Waals surface area contributed by atoms with E-state index in [1.807, 2.05) is 24.3 Å². The standard InChI is InChI=1S/C20H22ClN3O3/c1-24-12-17(13-3-9-16(27-2)10-4-13)18(11-19(24)25)23-20(26)22-15-7-5-14(21)6-8-15/h3-10,17-18H,11-12H2,1-2H3,(H2,22,23,26)/t17?,18-/m0/s1. The van der Waals surface area contributed by atoms with E-state index < -0.39 is 0 Å². The minimum Gasteiger partial charge on any atom is -0.497 e. The molecule has 142 valence electrons. The zero-order valence-electron chi connectivity index (χ0n) is 15.2. The van der Waals surface area contributed by atoms with Gasteiger partial charge in [0.15, 0.2) is 0 Å². The van der Waals surface area contributed by atoms with Crippen molar-refractivity contribution in [2.75, 3.05) is 26.0 Å². The summed E-state index contributed by atoms with van der Waals surface area (Å²) < 4.78 is 5.21. The van der Waals surface area contributed by atoms with E-state index in [1.165, 1.54) is 0 Å². The molecular formula is C20H22ClN3O3. The van der Waals surface area contributed by atoms with Gasteiger partial charge in [-0.25, -0.2) is 4.79 Å². The Labute approximate surface area is 163 Å². The van der Waals surface area contributed by atoms with Crippen molar-refractivity contribution in [2.45, 2.75) is 18.4 Å². The van der Waals surface area contributed by atoms with Crippen molar-refractivity contribution in [3.8, 4) is 5.75 Å². The molecule has 1 heterocycles. The molecule has 0 aliphatic carbocycles. The molecule has 0 saturated carbocycles. The Morgan fingerprint density at radius 1 is 1.15 bits per heavy atom. The topological polar surface area (TPSA) is 70.7 Å². The predicted octanol–water partition coefficient (Wildman–Crippen LogP) is 3.48. The maximum atomic E-state index is 12.4. The van der Waals surface area contributed by atoms with Crippen LogP contribution in [0.15, 0.2) is 48.5 Å². The Morgan fingerprint density at radius 2 is 1.81 bits per heavy atom. The molecule has 3 amide bonds. The van der Waals surface area contributed by atoms with Gasteiger partial charge in [0.25, 0.3) is 0 Å². The van der Waals surface area contributed by atoms with Crippen LogP contribution in [0.3, 0.4) is 0 Å². The van der Waals surface area contributed by atoms with Crippen molar-refractivity contribution in [3.05, 3.63) is 59.1 Å². The monoisotopic (exact) mass is 387 g/mol. The van der Waals surface area contributed by atoms with Gasteiger partial charge >= 0.3 is 6.03 Å². The summed E-state index contributed by atoms with van der Waals surface area (Å²) in [6.07, 6.45) is 0.251. The number of urea groups is 1. The van der Waals surface area contributed by atoms with E-state index in [-0.39, 0.29) is 30.3 Å². The molecule has 1 aliphatic rings. The first-order chi connectivity index (χ1) is 13.0. The molecule has 27 heavy (non-hydrogen) atoms. The molecule has 7 heteroatoms. The number of hydrogen-bond donors (Lipinski definition) is 2. The largest absolute Gasteiger partial charge is 0.497 e. The number of halogens is 1. The number of benzene rings is 2. The van der Waals surface area contributed by atoms with Crippen LogP contribution in [-0.4, -0.2) is 43.6 Å². The van der Waals surface area contributed by atoms with Crippen molar-refractivity contribution >= 4 is 29.2 Å². The first-order valence-corrected chi connectivity index (χ1v) is 9.05. The lowest BCUT2D eigenvalue weighted by Crippen LogP contribution is -2.51. The number of amides is 3. The quantitative estimate of drug-likeness (QED) is 0.843. The third-order valence-electron chi connectivity index (χ3n) is 4.74. The second-order valence-corrected chi connectivity index (χ2v) is 7.01. The van der Waals surface area contributed by atoms with Crippen LogP contribution in [0.25, 0.3) is 0 Å². The average Bonchev–Trinajstić information content (AvgIpc) is 2.66. The molecule has 6 nitrogen and oxygen atoms in total. The van der Waals surface area contributed by atoms with E-state index >= 15 is 0 Å². The molecule has 2 aromatic carbocycles. The van der Waals surface area contributed by atoms with Crippen LogP contribution in [0.1, 0.15) is 17.9 Å². The van der Waals surface area contributed by atoms with Gasteiger partial charge in [0, 0.05) is 42.7 Å². The van der Waals surface area contributed by atoms with Gasteiger partial charge in [-0.2, -0.15) is 0 Å². The lowest BCUT2D eigenvalue weighted by molar-refractivity contribution is -0.133. The molecule has 0 spiro atoms. The van der Waals surface area contributed by atoms with E-state index in [4.69, 9.17) is 16.3 Å². The number of anilines is 1. The van der Waals surface area contributed by atoms with Crippen molar-refractivity contribution in [1.82, 2.24) is 10.2 Å². The predicted molar refractivity (Wildman–Crippen MR) is 105 cm³/mol. The van der Waals surface area contributed by atoms with Crippen LogP contribution in [0, 0.1) is 0 Å². The summed E-state index contributed by atoms with van der Waals surface area (Å²) in [7, 11) is 3.40. The first kappa shape index (κ1) is 19.0. The fourth-order valence-corrected chi connectivity index (χ4v) is 3.35. The number of hydrogen-bond acceptors (Lipinski definition) is 3. The summed E-state index contributed by atoms with van der Waals surface area (Å²) in [5, 5.41) is 6.33. The molecule has 1 saturated heterocycles. The second-order valence-electron chi connectivity index (χ2n) is 6.57. The summed E-state index contributed by atoms with van der Waals surface area (Å²) in [5.41, 5.74) is 1.68. The van der Waals surface area contributed by atoms with Crippen molar-refractivity contribution in [1.29, 1.82) is 0 Å². The third kappa shape index (κ3) is 4.71. The zero-order chi connectivity index (χ0) is 19.4. The minimum absolute atomic E-state index is 0.00502. The summed E-state index contributed by atoms with van der Waals surface area (Å²) in [6, 6.07) is 13.9. The number of likely N-dealkylation sites (tertiary alicyclic amines) is 1. The van der Waals surface area contributed by atoms with E-state index in [1.54, 1.807) is 43.3 Å². The second kappa shape index (κ2) is 8.31. The highest BCUT2D eigenvalue weighted by atomic mass is 35.5. The molecule has 0 aromatic heterocycles. The highest BCUT2D eigenvalue weighted by molar-refractivity contribution is 6.30. The molecule has 0 bridgehead atoms. The summed E-state index contributed by atoms with van der Waals surface area (Å²) >= 11 is 5.86. The first-order valence-electron chi connectivity index (χ1n) is 8.67. The Bertz CT molecular complexity index is 808. The maximum absolute atomic E-state index is 12.4. The summed E-state index contributed by atoms with van der Waals surface area (Å²) in [5.74, 6) is 0.773. The summed E-state index contributed by atoms with van der Waals surface area (Å²) in [6.45, 7) is 0.539. The van der Waals surface area contributed by atoms with Crippen LogP contribution >= 0.6 is 11.6 Å². The minimum atomic E-state index is -0.349. The number of nitrogens with one attached hydrogen (secondary N) is 2. The molecule has 1 unspecified atom stereocenters. The van der Waals surface area contributed by atoms with Gasteiger partial charge in [-0.05, 0) is 42.0 Å². The van der Waals surface area contributed by atoms with Crippen LogP contribution < -0.4 is 15.4 Å². The Kier molecular flexibility index (Phi) is 5.86. The van der Waals surface area contributed by atoms with E-state index in [0.29, 0.717) is 17.3 Å². The van der Waals surface area contributed by atoms with Crippen molar-refractivity contribution < 1.29 is 14.3 Å². The number of likely N-dealkylation sites (N-methyl/N-ethyl adjacent to an activating group) is 1. The zero-order valence-corrected chi connectivity index (χ0v) is 16.0. The van der Waals surface area contributed by atoms with Crippen LogP contribution in [0.4, 0.5) is 10.5 Å². The molecule has 1 fully saturated rings. The Morgan fingerprint density at radius 3 is 2.44 bits per heavy atom. The maximum Gasteiger partial charge on any atom is 0.319 e. The average molecular weight is 388 g/mol. The van der Waals surface area contributed by atoms with E-state index in [0.717, 1.165) is 11.3 Å². The van der Waals surface area contributed by atoms with Gasteiger partial charge in [-0.15, -0.1) is 0 Å². The number of rotatable bonds is 4. The van der Waals surface area contributed by atoms with Crippen LogP contribution in [0.2, 0.25) is 5.02 Å². The van der Waals surface area contributed by atoms with Crippen LogP contribution in [-0.2, 0) is 4.79 Å². The molecule has 0 radical (unpaired) electrons. The number of carbonyl (C=O) groups is 2. The van der Waals surface area contributed by atoms with E-state index in [2.05, 4.69) is 10.6 Å². The number of carbonyl (C=O) groups excluding carboxylic acids is 2. The van der Waals surface area contributed by atoms with Gasteiger partial charge in [0.05, 0.1) is 7.11 Å². The van der Waals surface area contributed by atoms with E-state index in [9.17, 15) is 9.59 Å². The van der Waals surface area contributed by atoms with Gasteiger partial charge in [0.1, 0.15) is 5.75 Å². The summed E-state index contributed by atoms with van der Waals surface area (Å²) in [4.78, 5) is 26.3. The molecule has 1 aliphatic heterocycles. The highest BCUT2D eigenvalue weighted by Crippen LogP contribution is 2.29. The lowest BCUT2D eigenvalue weighted by atomic mass is 9.86. The fraction of sp³-hybridized carbons (Fsp3) is 0.300. The molecule has 2 atom stereocenters. The van der Waals surface area contributed by atoms with Gasteiger partial charge in [0.2, 0.25) is 5.91 Å². The number of piperidine rings is 1.